The summed E-state index contributed by atoms with van der Waals surface area (Å²) in [6.45, 7) is -6.24. The molecular weight excluding hydrogens is 1090 g/mol. The van der Waals surface area contributed by atoms with Crippen LogP contribution in [0.1, 0.15) is 19.8 Å². The standard InChI is InChI=1S/C9H10F4N4O3.C8H12FN3O3.C7H9FN4O3.C7H10FN3O4.C6H8FN3O3/c1-8(10,11)9(12,13)5-15-6(18)4-16-3-2-14-7(16)17(19)20;9-5-6-1-2-7(15-6)11-4-3-10-8(11)12(13)14;8-1-2-9-6(13)5-11-4-3-10-7(11)12(14)15;8-3-5(12)6(13)4-10-2-1-9-7(10)11(14)15;7-3-5(11)4-9-2-1-8-6(9)10(12)13/h2-3H,4-5H2,1H3,(H,15,18);3-4,6-8,10H,1-2,5H2;3-4H,1-2,5H2,(H,9,13);1-2,5-6,12-13H,3-4H2;1-2,5,11H,3-4H2/t;6-,7+,8?;;5-,6-;/m.0.1./s1/i;9-1;2*8-1;7-1. The molecule has 0 bridgehead atoms. The molecule has 2 aliphatic rings. The van der Waals surface area contributed by atoms with Crippen molar-refractivity contribution in [1.29, 1.82) is 0 Å². The molecule has 0 saturated carbocycles. The number of aliphatic hydroxyl groups is 3. The lowest BCUT2D eigenvalue weighted by atomic mass is 10.2. The average Bonchev–Trinajstić information content (AvgIpc) is 4.24. The molecule has 1 saturated heterocycles. The van der Waals surface area contributed by atoms with Crippen LogP contribution >= 0.6 is 0 Å². The maximum atomic E-state index is 12.9. The molecule has 1 fully saturated rings. The summed E-state index contributed by atoms with van der Waals surface area (Å²) in [4.78, 5) is 86.3. The molecule has 33 nitrogen and oxygen atoms in total. The van der Waals surface area contributed by atoms with Gasteiger partial charge in [-0.1, -0.05) is 19.9 Å². The van der Waals surface area contributed by atoms with Crippen LogP contribution in [0.15, 0.2) is 62.0 Å². The van der Waals surface area contributed by atoms with E-state index in [2.05, 4.69) is 30.6 Å². The van der Waals surface area contributed by atoms with Gasteiger partial charge >= 0.3 is 41.9 Å². The first-order chi connectivity index (χ1) is 36.6. The SMILES string of the molecule is CC(F)(F)C(F)(F)CNC(=O)Cn1ccnc1[N+](=O)[O-].O=C(Cn1ccnc1[N+](=O)[O-])NCC[18F].O=[N+]([O-])C1NC=CN1[C@H]1CC[C@@H](C[18F])O1.O=[N+]([O-])c1nccn1CC(O)C[18F].O=[N+]([O-])c1nccn1C[C@@H](O)[C@H](O)C[18F]. The van der Waals surface area contributed by atoms with Crippen molar-refractivity contribution < 1.29 is 89.4 Å². The summed E-state index contributed by atoms with van der Waals surface area (Å²) >= 11 is 0. The molecule has 0 radical (unpaired) electrons. The Morgan fingerprint density at radius 1 is 0.705 bits per heavy atom. The van der Waals surface area contributed by atoms with Crippen LogP contribution in [0, 0.1) is 50.6 Å². The molecule has 0 aliphatic carbocycles. The molecule has 6 heterocycles. The number of aliphatic hydroxyl groups excluding tert-OH is 3. The molecule has 6 rings (SSSR count). The third kappa shape index (κ3) is 20.8. The first-order valence-corrected chi connectivity index (χ1v) is 21.8. The fourth-order valence-electron chi connectivity index (χ4n) is 5.93. The van der Waals surface area contributed by atoms with Crippen LogP contribution in [0.25, 0.3) is 0 Å². The van der Waals surface area contributed by atoms with E-state index < -0.39 is 149 Å². The second kappa shape index (κ2) is 31.4. The fourth-order valence-corrected chi connectivity index (χ4v) is 5.93. The second-order valence-electron chi connectivity index (χ2n) is 15.5. The lowest BCUT2D eigenvalue weighted by Gasteiger charge is -2.24. The number of halogens is 8. The number of carbonyl (C=O) groups is 2. The first kappa shape index (κ1) is 65.5. The number of rotatable bonds is 23. The van der Waals surface area contributed by atoms with Crippen molar-refractivity contribution in [2.75, 3.05) is 39.8 Å². The van der Waals surface area contributed by atoms with E-state index in [1.807, 2.05) is 0 Å². The average molecular weight is 1140 g/mol. The van der Waals surface area contributed by atoms with Crippen LogP contribution in [0.3, 0.4) is 0 Å². The number of alkyl halides is 8. The molecule has 0 spiro atoms. The van der Waals surface area contributed by atoms with Crippen molar-refractivity contribution in [3.05, 3.63) is 113 Å². The lowest BCUT2D eigenvalue weighted by Crippen LogP contribution is -2.48. The van der Waals surface area contributed by atoms with E-state index in [4.69, 9.17) is 14.9 Å². The van der Waals surface area contributed by atoms with Gasteiger partial charge in [0.25, 0.3) is 11.8 Å². The predicted molar refractivity (Wildman–Crippen MR) is 242 cm³/mol. The van der Waals surface area contributed by atoms with Gasteiger partial charge in [0.15, 0.2) is 13.1 Å². The van der Waals surface area contributed by atoms with Crippen molar-refractivity contribution in [3.8, 4) is 0 Å². The van der Waals surface area contributed by atoms with E-state index >= 15 is 0 Å². The van der Waals surface area contributed by atoms with Crippen LogP contribution in [0.2, 0.25) is 0 Å². The summed E-state index contributed by atoms with van der Waals surface area (Å²) < 4.78 is 108. The normalized spacial score (nSPS) is 16.7. The molecule has 2 amide bonds. The maximum absolute atomic E-state index is 12.9. The molecule has 434 valence electrons. The number of imidazole rings is 4. The van der Waals surface area contributed by atoms with Crippen LogP contribution in [-0.2, 0) is 40.5 Å². The highest BCUT2D eigenvalue weighted by atomic mass is 19.3. The van der Waals surface area contributed by atoms with Gasteiger partial charge in [0.1, 0.15) is 114 Å². The molecule has 0 aromatic carbocycles. The third-order valence-corrected chi connectivity index (χ3v) is 9.76. The Balaban J connectivity index is 0.000000336. The Kier molecular flexibility index (Phi) is 26.4. The number of ether oxygens (including phenoxy) is 1. The minimum absolute atomic E-state index is 0.0276. The monoisotopic (exact) mass is 1140 g/mol. The fraction of sp³-hybridized carbons (Fsp3) is 0.568. The third-order valence-electron chi connectivity index (χ3n) is 9.76. The van der Waals surface area contributed by atoms with E-state index in [1.54, 1.807) is 11.5 Å². The molecule has 2 unspecified atom stereocenters. The van der Waals surface area contributed by atoms with Crippen LogP contribution in [0.5, 0.6) is 0 Å². The molecule has 78 heavy (non-hydrogen) atoms. The van der Waals surface area contributed by atoms with Gasteiger partial charge in [-0.25, -0.2) is 44.6 Å². The highest BCUT2D eigenvalue weighted by Crippen LogP contribution is 2.33. The lowest BCUT2D eigenvalue weighted by molar-refractivity contribution is -0.554. The summed E-state index contributed by atoms with van der Waals surface area (Å²) in [5.41, 5.74) is 0. The zero-order chi connectivity index (χ0) is 58.9. The quantitative estimate of drug-likeness (QED) is 0.0344. The first-order valence-electron chi connectivity index (χ1n) is 21.8. The van der Waals surface area contributed by atoms with Crippen molar-refractivity contribution in [2.24, 2.45) is 0 Å². The largest absolute Gasteiger partial charge is 0.435 e. The molecule has 41 heteroatoms. The number of nitrogens with zero attached hydrogens (tertiary/aromatic N) is 14. The number of hydrogen-bond donors (Lipinski definition) is 6. The highest BCUT2D eigenvalue weighted by molar-refractivity contribution is 5.76. The van der Waals surface area contributed by atoms with Crippen molar-refractivity contribution in [3.63, 3.8) is 0 Å². The Bertz CT molecular complexity index is 2600. The number of hydrogen-bond acceptors (Lipinski definition) is 22. The maximum Gasteiger partial charge on any atom is 0.435 e. The van der Waals surface area contributed by atoms with Gasteiger partial charge in [-0.15, -0.1) is 0 Å². The number of nitro groups is 5. The second-order valence-corrected chi connectivity index (χ2v) is 15.5. The summed E-state index contributed by atoms with van der Waals surface area (Å²) in [5.74, 6) is -12.2. The highest BCUT2D eigenvalue weighted by Gasteiger charge is 2.52. The van der Waals surface area contributed by atoms with Gasteiger partial charge in [-0.05, 0) is 32.5 Å². The van der Waals surface area contributed by atoms with E-state index in [0.717, 1.165) is 30.7 Å². The van der Waals surface area contributed by atoms with Crippen LogP contribution in [-0.4, -0.2) is 183 Å². The molecule has 6 N–H and O–H groups in total. The molecular formula is C37H49F8N17O16. The zero-order valence-corrected chi connectivity index (χ0v) is 40.2. The van der Waals surface area contributed by atoms with Crippen molar-refractivity contribution in [1.82, 2.24) is 59.1 Å². The molecule has 6 atom stereocenters. The molecule has 4 aromatic rings. The minimum atomic E-state index is -4.41. The van der Waals surface area contributed by atoms with Crippen LogP contribution in [0.4, 0.5) is 58.9 Å². The Hall–Kier alpha value is -8.60. The van der Waals surface area contributed by atoms with E-state index in [1.165, 1.54) is 48.3 Å². The van der Waals surface area contributed by atoms with Gasteiger partial charge in [-0.2, -0.15) is 8.78 Å². The summed E-state index contributed by atoms with van der Waals surface area (Å²) in [6, 6.07) is 0. The van der Waals surface area contributed by atoms with Gasteiger partial charge in [-0.3, -0.25) is 24.6 Å². The zero-order valence-electron chi connectivity index (χ0n) is 40.2. The topological polar surface area (TPSA) is 430 Å². The minimum Gasteiger partial charge on any atom is -0.390 e. The Morgan fingerprint density at radius 2 is 1.15 bits per heavy atom. The number of aromatic nitrogens is 8. The van der Waals surface area contributed by atoms with Gasteiger partial charge in [0, 0.05) is 25.9 Å². The summed E-state index contributed by atoms with van der Waals surface area (Å²) in [7, 11) is 0. The number of amides is 2. The van der Waals surface area contributed by atoms with Gasteiger partial charge in [0.05, 0.1) is 17.6 Å². The van der Waals surface area contributed by atoms with E-state index in [-0.39, 0.29) is 33.1 Å². The van der Waals surface area contributed by atoms with E-state index in [0.29, 0.717) is 12.8 Å². The molecule has 2 aliphatic heterocycles. The number of nitrogens with one attached hydrogen (secondary N) is 3. The van der Waals surface area contributed by atoms with Gasteiger partial charge < -0.3 is 76.5 Å². The van der Waals surface area contributed by atoms with E-state index in [9.17, 15) is 100 Å². The van der Waals surface area contributed by atoms with Crippen molar-refractivity contribution >= 4 is 35.6 Å². The van der Waals surface area contributed by atoms with Crippen LogP contribution < -0.4 is 16.0 Å². The summed E-state index contributed by atoms with van der Waals surface area (Å²) in [6.07, 6.45) is 7.97. The van der Waals surface area contributed by atoms with Gasteiger partial charge in [0.2, 0.25) is 0 Å². The number of carbonyl (C=O) groups excluding carboxylic acids is 2. The Labute approximate surface area is 430 Å². The van der Waals surface area contributed by atoms with Crippen molar-refractivity contribution in [2.45, 2.75) is 94.7 Å². The predicted octanol–water partition coefficient (Wildman–Crippen LogP) is 1.08. The smallest absolute Gasteiger partial charge is 0.390 e. The Morgan fingerprint density at radius 3 is 1.55 bits per heavy atom. The summed E-state index contributed by atoms with van der Waals surface area (Å²) in [5, 5.41) is 85.7. The molecule has 4 aromatic heterocycles.